The number of aliphatic hydroxyl groups is 2. The summed E-state index contributed by atoms with van der Waals surface area (Å²) in [5.41, 5.74) is 2.46. The molecule has 1 aliphatic heterocycles. The largest absolute Gasteiger partial charge is 0.394 e. The van der Waals surface area contributed by atoms with Crippen molar-refractivity contribution in [2.45, 2.75) is 23.8 Å². The van der Waals surface area contributed by atoms with Gasteiger partial charge in [-0.1, -0.05) is 0 Å². The summed E-state index contributed by atoms with van der Waals surface area (Å²) in [7, 11) is 1.91. The molecule has 1 aromatic rings. The molecule has 4 heteroatoms. The van der Waals surface area contributed by atoms with E-state index in [4.69, 9.17) is 0 Å². The Morgan fingerprint density at radius 3 is 2.82 bits per heavy atom. The summed E-state index contributed by atoms with van der Waals surface area (Å²) in [5.74, 6) is 1.21. The first kappa shape index (κ1) is 12.7. The molecule has 0 bridgehead atoms. The number of aryl methyl sites for hydroxylation is 1. The minimum atomic E-state index is -0.218. The summed E-state index contributed by atoms with van der Waals surface area (Å²) in [6.45, 7) is -0.0579. The lowest BCUT2D eigenvalue weighted by atomic mass is 10.1. The maximum Gasteiger partial charge on any atom is 0.0748 e. The maximum absolute atomic E-state index is 9.19. The third kappa shape index (κ3) is 2.76. The van der Waals surface area contributed by atoms with Gasteiger partial charge in [0, 0.05) is 17.6 Å². The first-order valence-corrected chi connectivity index (χ1v) is 6.95. The molecular formula is C13H19NO2S. The second-order valence-corrected chi connectivity index (χ2v) is 5.51. The van der Waals surface area contributed by atoms with Crippen molar-refractivity contribution >= 4 is 17.4 Å². The standard InChI is InChI=1S/C13H19NO2S/c1-14(12(8-15)9-16)11-4-5-13-10(7-11)3-2-6-17-13/h4-5,7,12,15-16H,2-3,6,8-9H2,1H3. The Bertz CT molecular complexity index is 380. The number of anilines is 1. The van der Waals surface area contributed by atoms with Crippen molar-refractivity contribution in [2.75, 3.05) is 30.9 Å². The Labute approximate surface area is 106 Å². The Kier molecular flexibility index (Phi) is 4.31. The lowest BCUT2D eigenvalue weighted by molar-refractivity contribution is 0.191. The molecule has 0 aromatic heterocycles. The molecular weight excluding hydrogens is 234 g/mol. The fourth-order valence-corrected chi connectivity index (χ4v) is 3.10. The van der Waals surface area contributed by atoms with Crippen molar-refractivity contribution in [3.8, 4) is 0 Å². The molecule has 0 saturated heterocycles. The molecule has 3 nitrogen and oxygen atoms in total. The normalized spacial score (nSPS) is 14.8. The number of thioether (sulfide) groups is 1. The minimum Gasteiger partial charge on any atom is -0.394 e. The van der Waals surface area contributed by atoms with Crippen LogP contribution in [0.25, 0.3) is 0 Å². The molecule has 1 aliphatic rings. The highest BCUT2D eigenvalue weighted by Gasteiger charge is 2.16. The van der Waals surface area contributed by atoms with E-state index in [0.29, 0.717) is 0 Å². The van der Waals surface area contributed by atoms with Gasteiger partial charge in [-0.2, -0.15) is 0 Å². The highest BCUT2D eigenvalue weighted by molar-refractivity contribution is 7.99. The highest BCUT2D eigenvalue weighted by Crippen LogP contribution is 2.32. The van der Waals surface area contributed by atoms with Crippen LogP contribution in [0.5, 0.6) is 0 Å². The third-order valence-electron chi connectivity index (χ3n) is 3.27. The number of benzene rings is 1. The van der Waals surface area contributed by atoms with Crippen LogP contribution in [-0.4, -0.2) is 42.3 Å². The van der Waals surface area contributed by atoms with Gasteiger partial charge in [-0.25, -0.2) is 0 Å². The minimum absolute atomic E-state index is 0.0289. The summed E-state index contributed by atoms with van der Waals surface area (Å²) in [5, 5.41) is 18.4. The Balaban J connectivity index is 2.21. The van der Waals surface area contributed by atoms with Crippen molar-refractivity contribution in [1.82, 2.24) is 0 Å². The number of rotatable bonds is 4. The number of hydrogen-bond donors (Lipinski definition) is 2. The van der Waals surface area contributed by atoms with Gasteiger partial charge in [0.15, 0.2) is 0 Å². The van der Waals surface area contributed by atoms with Gasteiger partial charge < -0.3 is 15.1 Å². The van der Waals surface area contributed by atoms with Crippen LogP contribution in [-0.2, 0) is 6.42 Å². The predicted octanol–water partition coefficient (Wildman–Crippen LogP) is 1.51. The number of fused-ring (bicyclic) bond motifs is 1. The zero-order valence-electron chi connectivity index (χ0n) is 10.1. The molecule has 0 radical (unpaired) electrons. The van der Waals surface area contributed by atoms with Crippen LogP contribution in [0.15, 0.2) is 23.1 Å². The monoisotopic (exact) mass is 253 g/mol. The van der Waals surface area contributed by atoms with Crippen LogP contribution in [0.1, 0.15) is 12.0 Å². The van der Waals surface area contributed by atoms with E-state index < -0.39 is 0 Å². The van der Waals surface area contributed by atoms with E-state index in [1.807, 2.05) is 23.7 Å². The van der Waals surface area contributed by atoms with Crippen LogP contribution in [0.4, 0.5) is 5.69 Å². The lowest BCUT2D eigenvalue weighted by Crippen LogP contribution is -2.37. The highest BCUT2D eigenvalue weighted by atomic mass is 32.2. The molecule has 2 N–H and O–H groups in total. The van der Waals surface area contributed by atoms with Crippen LogP contribution in [0, 0.1) is 0 Å². The van der Waals surface area contributed by atoms with Gasteiger partial charge in [0.1, 0.15) is 0 Å². The molecule has 0 atom stereocenters. The summed E-state index contributed by atoms with van der Waals surface area (Å²) >= 11 is 1.91. The number of nitrogens with zero attached hydrogens (tertiary/aromatic N) is 1. The molecule has 1 heterocycles. The van der Waals surface area contributed by atoms with Crippen LogP contribution < -0.4 is 4.90 Å². The zero-order valence-corrected chi connectivity index (χ0v) is 10.9. The van der Waals surface area contributed by atoms with Gasteiger partial charge in [0.2, 0.25) is 0 Å². The van der Waals surface area contributed by atoms with Crippen molar-refractivity contribution < 1.29 is 10.2 Å². The number of likely N-dealkylation sites (N-methyl/N-ethyl adjacent to an activating group) is 1. The molecule has 1 aromatic carbocycles. The van der Waals surface area contributed by atoms with Gasteiger partial charge in [0.25, 0.3) is 0 Å². The molecule has 0 saturated carbocycles. The van der Waals surface area contributed by atoms with E-state index in [2.05, 4.69) is 18.2 Å². The molecule has 94 valence electrons. The molecule has 0 unspecified atom stereocenters. The Morgan fingerprint density at radius 2 is 2.12 bits per heavy atom. The fourth-order valence-electron chi connectivity index (χ4n) is 2.08. The van der Waals surface area contributed by atoms with Gasteiger partial charge in [-0.15, -0.1) is 11.8 Å². The molecule has 0 amide bonds. The molecule has 0 aliphatic carbocycles. The van der Waals surface area contributed by atoms with Gasteiger partial charge in [0.05, 0.1) is 19.3 Å². The molecule has 0 fully saturated rings. The summed E-state index contributed by atoms with van der Waals surface area (Å²) in [6, 6.07) is 6.18. The Morgan fingerprint density at radius 1 is 1.35 bits per heavy atom. The predicted molar refractivity (Wildman–Crippen MR) is 71.8 cm³/mol. The lowest BCUT2D eigenvalue weighted by Gasteiger charge is -2.28. The fraction of sp³-hybridized carbons (Fsp3) is 0.538. The van der Waals surface area contributed by atoms with Crippen LogP contribution >= 0.6 is 11.8 Å². The van der Waals surface area contributed by atoms with Crippen LogP contribution in [0.3, 0.4) is 0 Å². The maximum atomic E-state index is 9.19. The van der Waals surface area contributed by atoms with Gasteiger partial charge in [-0.3, -0.25) is 0 Å². The third-order valence-corrected chi connectivity index (χ3v) is 4.47. The van der Waals surface area contributed by atoms with Crippen molar-refractivity contribution in [3.05, 3.63) is 23.8 Å². The van der Waals surface area contributed by atoms with E-state index in [1.165, 1.54) is 22.6 Å². The van der Waals surface area contributed by atoms with Crippen molar-refractivity contribution in [2.24, 2.45) is 0 Å². The average Bonchev–Trinajstić information content (AvgIpc) is 2.39. The van der Waals surface area contributed by atoms with Crippen molar-refractivity contribution in [3.63, 3.8) is 0 Å². The van der Waals surface area contributed by atoms with E-state index in [9.17, 15) is 10.2 Å². The van der Waals surface area contributed by atoms with Gasteiger partial charge >= 0.3 is 0 Å². The second-order valence-electron chi connectivity index (χ2n) is 4.37. The van der Waals surface area contributed by atoms with Crippen LogP contribution in [0.2, 0.25) is 0 Å². The summed E-state index contributed by atoms with van der Waals surface area (Å²) in [4.78, 5) is 3.32. The number of aliphatic hydroxyl groups excluding tert-OH is 2. The zero-order chi connectivity index (χ0) is 12.3. The van der Waals surface area contributed by atoms with Gasteiger partial charge in [-0.05, 0) is 42.4 Å². The average molecular weight is 253 g/mol. The van der Waals surface area contributed by atoms with E-state index in [1.54, 1.807) is 0 Å². The summed E-state index contributed by atoms with van der Waals surface area (Å²) in [6.07, 6.45) is 2.36. The molecule has 17 heavy (non-hydrogen) atoms. The SMILES string of the molecule is CN(c1ccc2c(c1)CCCS2)C(CO)CO. The van der Waals surface area contributed by atoms with E-state index >= 15 is 0 Å². The smallest absolute Gasteiger partial charge is 0.0748 e. The van der Waals surface area contributed by atoms with Crippen molar-refractivity contribution in [1.29, 1.82) is 0 Å². The summed E-state index contributed by atoms with van der Waals surface area (Å²) < 4.78 is 0. The van der Waals surface area contributed by atoms with E-state index in [-0.39, 0.29) is 19.3 Å². The molecule has 2 rings (SSSR count). The topological polar surface area (TPSA) is 43.7 Å². The second kappa shape index (κ2) is 5.76. The number of hydrogen-bond acceptors (Lipinski definition) is 4. The van der Waals surface area contributed by atoms with E-state index in [0.717, 1.165) is 12.1 Å². The first-order valence-electron chi connectivity index (χ1n) is 5.96. The quantitative estimate of drug-likeness (QED) is 0.854. The first-order chi connectivity index (χ1) is 8.26. The Hall–Kier alpha value is -0.710. The molecule has 0 spiro atoms.